The van der Waals surface area contributed by atoms with Crippen LogP contribution in [0.25, 0.3) is 0 Å². The highest BCUT2D eigenvalue weighted by atomic mass is 16.6. The first-order valence-electron chi connectivity index (χ1n) is 26.0. The summed E-state index contributed by atoms with van der Waals surface area (Å²) < 4.78 is 16.7. The normalized spacial score (nSPS) is 12.6. The summed E-state index contributed by atoms with van der Waals surface area (Å²) in [6.07, 6.45) is 63.2. The van der Waals surface area contributed by atoms with E-state index in [2.05, 4.69) is 57.2 Å². The van der Waals surface area contributed by atoms with E-state index in [0.717, 1.165) is 83.5 Å². The Hall–Kier alpha value is -3.15. The van der Waals surface area contributed by atoms with E-state index in [4.69, 9.17) is 14.2 Å². The second-order valence-electron chi connectivity index (χ2n) is 17.1. The van der Waals surface area contributed by atoms with Crippen LogP contribution in [0.2, 0.25) is 0 Å². The number of rotatable bonds is 46. The number of allylic oxidation sites excluding steroid dienone is 12. The minimum Gasteiger partial charge on any atom is -0.462 e. The van der Waals surface area contributed by atoms with Gasteiger partial charge in [-0.2, -0.15) is 0 Å². The fraction of sp³-hybridized carbons (Fsp3) is 0.732. The summed E-state index contributed by atoms with van der Waals surface area (Å²) in [6.45, 7) is 6.44. The second-order valence-corrected chi connectivity index (χ2v) is 17.1. The predicted octanol–water partition coefficient (Wildman–Crippen LogP) is 17.0. The molecule has 0 aromatic rings. The van der Waals surface area contributed by atoms with Crippen LogP contribution in [0.5, 0.6) is 0 Å². The van der Waals surface area contributed by atoms with Gasteiger partial charge in [-0.3, -0.25) is 14.4 Å². The maximum Gasteiger partial charge on any atom is 0.306 e. The molecule has 0 aromatic carbocycles. The first kappa shape index (κ1) is 58.9. The van der Waals surface area contributed by atoms with E-state index >= 15 is 0 Å². The molecule has 0 aliphatic rings. The summed E-state index contributed by atoms with van der Waals surface area (Å²) in [6, 6.07) is 0. The van der Waals surface area contributed by atoms with Gasteiger partial charge in [0.2, 0.25) is 0 Å². The van der Waals surface area contributed by atoms with E-state index in [9.17, 15) is 14.4 Å². The first-order valence-corrected chi connectivity index (χ1v) is 26.0. The van der Waals surface area contributed by atoms with E-state index in [1.54, 1.807) is 0 Å². The van der Waals surface area contributed by atoms with Gasteiger partial charge in [-0.25, -0.2) is 0 Å². The lowest BCUT2D eigenvalue weighted by Crippen LogP contribution is -2.30. The highest BCUT2D eigenvalue weighted by Gasteiger charge is 2.19. The smallest absolute Gasteiger partial charge is 0.306 e. The molecule has 1 atom stereocenters. The highest BCUT2D eigenvalue weighted by Crippen LogP contribution is 2.14. The molecule has 0 N–H and O–H groups in total. The molecule has 0 heterocycles. The minimum atomic E-state index is -0.804. The average molecular weight is 865 g/mol. The Morgan fingerprint density at radius 3 is 1.05 bits per heavy atom. The van der Waals surface area contributed by atoms with Gasteiger partial charge in [0.25, 0.3) is 0 Å². The fourth-order valence-corrected chi connectivity index (χ4v) is 7.09. The van der Waals surface area contributed by atoms with Gasteiger partial charge in [0.15, 0.2) is 6.10 Å². The summed E-state index contributed by atoms with van der Waals surface area (Å²) in [5.74, 6) is -0.963. The zero-order valence-corrected chi connectivity index (χ0v) is 40.6. The van der Waals surface area contributed by atoms with Crippen LogP contribution in [-0.4, -0.2) is 37.2 Å². The maximum absolute atomic E-state index is 12.8. The molecule has 6 heteroatoms. The van der Waals surface area contributed by atoms with Crippen LogP contribution >= 0.6 is 0 Å². The molecule has 62 heavy (non-hydrogen) atoms. The van der Waals surface area contributed by atoms with Crippen LogP contribution in [0.15, 0.2) is 72.9 Å². The summed E-state index contributed by atoms with van der Waals surface area (Å²) in [7, 11) is 0. The van der Waals surface area contributed by atoms with E-state index in [0.29, 0.717) is 19.3 Å². The standard InChI is InChI=1S/C56H96O6/c1-4-7-10-13-16-19-22-25-26-27-28-29-32-34-37-40-43-46-49-55(58)61-52-53(62-56(59)50-47-44-41-38-35-31-24-21-18-15-12-9-6-3)51-60-54(57)48-45-42-39-36-33-30-23-20-17-14-11-8-5-2/h9,12,15,18,21,24,28-31,33,35,53H,4-8,10-11,13-14,16-17,19-20,22-23,25-27,32,34,36-52H2,1-3H3/b12-9+,18-15+,24-21+,29-28+,33-30+,35-31+. The zero-order chi connectivity index (χ0) is 45.1. The van der Waals surface area contributed by atoms with Crippen molar-refractivity contribution in [3.8, 4) is 0 Å². The predicted molar refractivity (Wildman–Crippen MR) is 265 cm³/mol. The number of carbonyl (C=O) groups excluding carboxylic acids is 3. The Bertz CT molecular complexity index is 1180. The molecular formula is C56H96O6. The van der Waals surface area contributed by atoms with Gasteiger partial charge in [0.05, 0.1) is 0 Å². The Morgan fingerprint density at radius 2 is 0.645 bits per heavy atom. The van der Waals surface area contributed by atoms with Crippen LogP contribution in [-0.2, 0) is 28.6 Å². The van der Waals surface area contributed by atoms with Crippen LogP contribution in [0.3, 0.4) is 0 Å². The van der Waals surface area contributed by atoms with Crippen molar-refractivity contribution >= 4 is 17.9 Å². The monoisotopic (exact) mass is 865 g/mol. The van der Waals surface area contributed by atoms with Gasteiger partial charge >= 0.3 is 17.9 Å². The molecule has 0 amide bonds. The molecule has 6 nitrogen and oxygen atoms in total. The van der Waals surface area contributed by atoms with Crippen LogP contribution < -0.4 is 0 Å². The quantitative estimate of drug-likeness (QED) is 0.0199. The molecule has 1 unspecified atom stereocenters. The maximum atomic E-state index is 12.8. The molecule has 0 saturated heterocycles. The molecular weight excluding hydrogens is 769 g/mol. The first-order chi connectivity index (χ1) is 30.5. The van der Waals surface area contributed by atoms with Crippen LogP contribution in [0, 0.1) is 0 Å². The van der Waals surface area contributed by atoms with Crippen molar-refractivity contribution in [2.45, 2.75) is 252 Å². The number of hydrogen-bond donors (Lipinski definition) is 0. The van der Waals surface area contributed by atoms with Crippen molar-refractivity contribution in [1.29, 1.82) is 0 Å². The number of ether oxygens (including phenoxy) is 3. The lowest BCUT2D eigenvalue weighted by Gasteiger charge is -2.18. The topological polar surface area (TPSA) is 78.9 Å². The van der Waals surface area contributed by atoms with Crippen LogP contribution in [0.1, 0.15) is 245 Å². The van der Waals surface area contributed by atoms with Crippen LogP contribution in [0.4, 0.5) is 0 Å². The van der Waals surface area contributed by atoms with Crippen molar-refractivity contribution in [2.75, 3.05) is 13.2 Å². The summed E-state index contributed by atoms with van der Waals surface area (Å²) >= 11 is 0. The third-order valence-corrected chi connectivity index (χ3v) is 11.0. The molecule has 0 rings (SSSR count). The van der Waals surface area contributed by atoms with E-state index in [-0.39, 0.29) is 37.5 Å². The van der Waals surface area contributed by atoms with Crippen molar-refractivity contribution in [2.24, 2.45) is 0 Å². The molecule has 0 aliphatic heterocycles. The molecule has 356 valence electrons. The number of carbonyl (C=O) groups is 3. The van der Waals surface area contributed by atoms with E-state index in [1.165, 1.54) is 116 Å². The second kappa shape index (κ2) is 50.5. The third kappa shape index (κ3) is 47.9. The van der Waals surface area contributed by atoms with E-state index in [1.807, 2.05) is 36.5 Å². The van der Waals surface area contributed by atoms with Crippen molar-refractivity contribution < 1.29 is 28.6 Å². The van der Waals surface area contributed by atoms with Gasteiger partial charge in [-0.05, 0) is 89.9 Å². The number of hydrogen-bond acceptors (Lipinski definition) is 6. The molecule has 0 radical (unpaired) electrons. The lowest BCUT2D eigenvalue weighted by molar-refractivity contribution is -0.167. The Labute approximate surface area is 382 Å². The Kier molecular flexibility index (Phi) is 47.9. The van der Waals surface area contributed by atoms with Gasteiger partial charge in [0, 0.05) is 19.3 Å². The van der Waals surface area contributed by atoms with Gasteiger partial charge in [-0.15, -0.1) is 0 Å². The lowest BCUT2D eigenvalue weighted by atomic mass is 10.1. The Morgan fingerprint density at radius 1 is 0.339 bits per heavy atom. The third-order valence-electron chi connectivity index (χ3n) is 11.0. The molecule has 0 saturated carbocycles. The van der Waals surface area contributed by atoms with Gasteiger partial charge in [0.1, 0.15) is 13.2 Å². The molecule has 0 fully saturated rings. The van der Waals surface area contributed by atoms with Gasteiger partial charge < -0.3 is 14.2 Å². The largest absolute Gasteiger partial charge is 0.462 e. The zero-order valence-electron chi connectivity index (χ0n) is 40.6. The molecule has 0 aromatic heterocycles. The number of esters is 3. The van der Waals surface area contributed by atoms with Crippen molar-refractivity contribution in [1.82, 2.24) is 0 Å². The van der Waals surface area contributed by atoms with Gasteiger partial charge in [-0.1, -0.05) is 209 Å². The summed E-state index contributed by atoms with van der Waals surface area (Å²) in [5, 5.41) is 0. The van der Waals surface area contributed by atoms with E-state index < -0.39 is 6.10 Å². The minimum absolute atomic E-state index is 0.100. The highest BCUT2D eigenvalue weighted by molar-refractivity contribution is 5.71. The Balaban J connectivity index is 4.43. The average Bonchev–Trinajstić information content (AvgIpc) is 3.27. The molecule has 0 spiro atoms. The summed E-state index contributed by atoms with van der Waals surface area (Å²) in [5.41, 5.74) is 0. The molecule has 0 aliphatic carbocycles. The van der Waals surface area contributed by atoms with Crippen molar-refractivity contribution in [3.63, 3.8) is 0 Å². The fourth-order valence-electron chi connectivity index (χ4n) is 7.09. The van der Waals surface area contributed by atoms with Crippen molar-refractivity contribution in [3.05, 3.63) is 72.9 Å². The number of unbranched alkanes of at least 4 members (excludes halogenated alkanes) is 26. The SMILES string of the molecule is CC/C=C/C=C/C=C/C=C/CCCCCC(=O)OC(COC(=O)CCCCC/C=C/CCCCCCCC)COC(=O)CCCCCCC/C=C/CCCCCCCCCCC. The summed E-state index contributed by atoms with van der Waals surface area (Å²) in [4.78, 5) is 37.9. The molecule has 0 bridgehead atoms.